The third kappa shape index (κ3) is 3.95. The number of piperazine rings is 1. The Morgan fingerprint density at radius 3 is 2.41 bits per heavy atom. The molecule has 12 heteroatoms. The lowest BCUT2D eigenvalue weighted by Crippen LogP contribution is -2.50. The van der Waals surface area contributed by atoms with Crippen LogP contribution in [-0.4, -0.2) is 64.3 Å². The number of hydrogen-bond donors (Lipinski definition) is 0. The summed E-state index contributed by atoms with van der Waals surface area (Å²) in [7, 11) is -4.13. The van der Waals surface area contributed by atoms with E-state index in [0.29, 0.717) is 17.3 Å². The fourth-order valence-electron chi connectivity index (χ4n) is 3.71. The molecule has 0 unspecified atom stereocenters. The van der Waals surface area contributed by atoms with E-state index in [1.54, 1.807) is 4.52 Å². The molecule has 170 valence electrons. The zero-order chi connectivity index (χ0) is 23.3. The number of alkyl halides is 3. The van der Waals surface area contributed by atoms with E-state index in [1.807, 2.05) is 19.9 Å². The second kappa shape index (κ2) is 7.85. The summed E-state index contributed by atoms with van der Waals surface area (Å²) in [4.78, 5) is 18.5. The van der Waals surface area contributed by atoms with Crippen molar-refractivity contribution in [1.82, 2.24) is 23.8 Å². The standard InChI is InChI=1S/C20H20F3N5O3S/c1-13-10-14(2)28-18(25-13)17(12-24-28)19(29)26-6-8-27(9-7-26)32(30,31)16-5-3-4-15(11-16)20(21,22)23/h3-5,10-12H,6-9H2,1-2H3. The van der Waals surface area contributed by atoms with Gasteiger partial charge in [0.1, 0.15) is 5.56 Å². The highest BCUT2D eigenvalue weighted by molar-refractivity contribution is 7.89. The van der Waals surface area contributed by atoms with Gasteiger partial charge in [-0.25, -0.2) is 17.9 Å². The summed E-state index contributed by atoms with van der Waals surface area (Å²) in [5.41, 5.74) is 1.26. The summed E-state index contributed by atoms with van der Waals surface area (Å²) in [5, 5.41) is 4.21. The first kappa shape index (κ1) is 22.2. The first-order chi connectivity index (χ1) is 15.0. The summed E-state index contributed by atoms with van der Waals surface area (Å²) < 4.78 is 67.3. The Kier molecular flexibility index (Phi) is 5.45. The van der Waals surface area contributed by atoms with Gasteiger partial charge in [0.2, 0.25) is 10.0 Å². The van der Waals surface area contributed by atoms with Gasteiger partial charge in [-0.1, -0.05) is 6.07 Å². The topological polar surface area (TPSA) is 87.9 Å². The van der Waals surface area contributed by atoms with Crippen molar-refractivity contribution in [3.05, 3.63) is 59.0 Å². The SMILES string of the molecule is Cc1cc(C)n2ncc(C(=O)N3CCN(S(=O)(=O)c4cccc(C(F)(F)F)c4)CC3)c2n1. The van der Waals surface area contributed by atoms with E-state index in [0.717, 1.165) is 33.9 Å². The molecule has 1 fully saturated rings. The zero-order valence-electron chi connectivity index (χ0n) is 17.3. The maximum absolute atomic E-state index is 13.0. The van der Waals surface area contributed by atoms with Crippen LogP contribution in [0.4, 0.5) is 13.2 Å². The molecule has 2 aromatic heterocycles. The van der Waals surface area contributed by atoms with Crippen LogP contribution in [0.5, 0.6) is 0 Å². The molecule has 3 heterocycles. The fourth-order valence-corrected chi connectivity index (χ4v) is 5.17. The molecule has 1 aliphatic heterocycles. The van der Waals surface area contributed by atoms with Gasteiger partial charge in [-0.3, -0.25) is 4.79 Å². The van der Waals surface area contributed by atoms with Crippen molar-refractivity contribution in [3.8, 4) is 0 Å². The lowest BCUT2D eigenvalue weighted by atomic mass is 10.2. The summed E-state index contributed by atoms with van der Waals surface area (Å²) >= 11 is 0. The molecule has 1 saturated heterocycles. The van der Waals surface area contributed by atoms with Crippen LogP contribution in [0.2, 0.25) is 0 Å². The Morgan fingerprint density at radius 1 is 1.06 bits per heavy atom. The van der Waals surface area contributed by atoms with Crippen LogP contribution in [0.3, 0.4) is 0 Å². The molecule has 0 bridgehead atoms. The second-order valence-electron chi connectivity index (χ2n) is 7.55. The third-order valence-electron chi connectivity index (χ3n) is 5.33. The number of nitrogens with zero attached hydrogens (tertiary/aromatic N) is 5. The minimum Gasteiger partial charge on any atom is -0.336 e. The monoisotopic (exact) mass is 467 g/mol. The third-order valence-corrected chi connectivity index (χ3v) is 7.23. The molecule has 0 radical (unpaired) electrons. The molecule has 1 aliphatic rings. The summed E-state index contributed by atoms with van der Waals surface area (Å²) in [6.07, 6.45) is -3.21. The van der Waals surface area contributed by atoms with Crippen LogP contribution in [0, 0.1) is 13.8 Å². The van der Waals surface area contributed by atoms with E-state index in [1.165, 1.54) is 11.1 Å². The van der Waals surface area contributed by atoms with E-state index in [4.69, 9.17) is 0 Å². The minimum atomic E-state index is -4.64. The van der Waals surface area contributed by atoms with Crippen molar-refractivity contribution >= 4 is 21.6 Å². The Labute approximate surface area is 182 Å². The van der Waals surface area contributed by atoms with Gasteiger partial charge < -0.3 is 4.90 Å². The van der Waals surface area contributed by atoms with Crippen molar-refractivity contribution in [1.29, 1.82) is 0 Å². The second-order valence-corrected chi connectivity index (χ2v) is 9.49. The van der Waals surface area contributed by atoms with Crippen LogP contribution in [0.15, 0.2) is 41.4 Å². The van der Waals surface area contributed by atoms with Crippen LogP contribution < -0.4 is 0 Å². The molecular weight excluding hydrogens is 447 g/mol. The van der Waals surface area contributed by atoms with Gasteiger partial charge in [-0.05, 0) is 38.1 Å². The van der Waals surface area contributed by atoms with E-state index in [-0.39, 0.29) is 32.1 Å². The summed E-state index contributed by atoms with van der Waals surface area (Å²) in [6.45, 7) is 3.79. The molecule has 1 aromatic carbocycles. The number of carbonyl (C=O) groups is 1. The van der Waals surface area contributed by atoms with Gasteiger partial charge in [0, 0.05) is 37.6 Å². The number of rotatable bonds is 3. The number of benzene rings is 1. The number of aromatic nitrogens is 3. The number of halogens is 3. The van der Waals surface area contributed by atoms with Crippen molar-refractivity contribution < 1.29 is 26.4 Å². The highest BCUT2D eigenvalue weighted by Crippen LogP contribution is 2.31. The Hall–Kier alpha value is -2.99. The molecule has 8 nitrogen and oxygen atoms in total. The normalized spacial score (nSPS) is 16.0. The van der Waals surface area contributed by atoms with Crippen LogP contribution in [-0.2, 0) is 16.2 Å². The van der Waals surface area contributed by atoms with E-state index in [2.05, 4.69) is 10.1 Å². The van der Waals surface area contributed by atoms with Crippen molar-refractivity contribution in [3.63, 3.8) is 0 Å². The van der Waals surface area contributed by atoms with Gasteiger partial charge >= 0.3 is 6.18 Å². The molecule has 32 heavy (non-hydrogen) atoms. The Bertz CT molecular complexity index is 1300. The van der Waals surface area contributed by atoms with E-state index in [9.17, 15) is 26.4 Å². The average Bonchev–Trinajstić information content (AvgIpc) is 3.17. The summed E-state index contributed by atoms with van der Waals surface area (Å²) in [6, 6.07) is 5.49. The van der Waals surface area contributed by atoms with Crippen molar-refractivity contribution in [2.75, 3.05) is 26.2 Å². The number of fused-ring (bicyclic) bond motifs is 1. The van der Waals surface area contributed by atoms with E-state index >= 15 is 0 Å². The van der Waals surface area contributed by atoms with Gasteiger partial charge in [0.25, 0.3) is 5.91 Å². The lowest BCUT2D eigenvalue weighted by Gasteiger charge is -2.33. The Morgan fingerprint density at radius 2 is 1.75 bits per heavy atom. The maximum atomic E-state index is 13.0. The van der Waals surface area contributed by atoms with Gasteiger partial charge in [0.15, 0.2) is 5.65 Å². The minimum absolute atomic E-state index is 0.0327. The first-order valence-corrected chi connectivity index (χ1v) is 11.2. The molecule has 1 amide bonds. The number of hydrogen-bond acceptors (Lipinski definition) is 5. The maximum Gasteiger partial charge on any atom is 0.416 e. The molecule has 3 aromatic rings. The first-order valence-electron chi connectivity index (χ1n) is 9.77. The van der Waals surface area contributed by atoms with Crippen molar-refractivity contribution in [2.45, 2.75) is 24.9 Å². The quantitative estimate of drug-likeness (QED) is 0.591. The van der Waals surface area contributed by atoms with Crippen molar-refractivity contribution in [2.24, 2.45) is 0 Å². The van der Waals surface area contributed by atoms with Gasteiger partial charge in [-0.15, -0.1) is 0 Å². The molecule has 0 N–H and O–H groups in total. The van der Waals surface area contributed by atoms with Gasteiger partial charge in [0.05, 0.1) is 16.7 Å². The molecule has 4 rings (SSSR count). The predicted octanol–water partition coefficient (Wildman–Crippen LogP) is 2.51. The number of aryl methyl sites for hydroxylation is 2. The van der Waals surface area contributed by atoms with Crippen LogP contribution >= 0.6 is 0 Å². The molecular formula is C20H20F3N5O3S. The Balaban J connectivity index is 1.52. The predicted molar refractivity (Wildman–Crippen MR) is 109 cm³/mol. The highest BCUT2D eigenvalue weighted by Gasteiger charge is 2.35. The number of carbonyl (C=O) groups excluding carboxylic acids is 1. The molecule has 0 saturated carbocycles. The molecule has 0 atom stereocenters. The lowest BCUT2D eigenvalue weighted by molar-refractivity contribution is -0.137. The highest BCUT2D eigenvalue weighted by atomic mass is 32.2. The van der Waals surface area contributed by atoms with Crippen LogP contribution in [0.25, 0.3) is 5.65 Å². The molecule has 0 spiro atoms. The van der Waals surface area contributed by atoms with Crippen LogP contribution in [0.1, 0.15) is 27.3 Å². The fraction of sp³-hybridized carbons (Fsp3) is 0.350. The number of amides is 1. The summed E-state index contributed by atoms with van der Waals surface area (Å²) in [5.74, 6) is -0.325. The smallest absolute Gasteiger partial charge is 0.336 e. The number of sulfonamides is 1. The zero-order valence-corrected chi connectivity index (χ0v) is 18.1. The largest absolute Gasteiger partial charge is 0.416 e. The van der Waals surface area contributed by atoms with Gasteiger partial charge in [-0.2, -0.15) is 22.6 Å². The average molecular weight is 467 g/mol. The molecule has 0 aliphatic carbocycles. The van der Waals surface area contributed by atoms with E-state index < -0.39 is 26.7 Å².